The van der Waals surface area contributed by atoms with Crippen molar-refractivity contribution in [2.45, 2.75) is 26.7 Å². The molecule has 144 valence electrons. The van der Waals surface area contributed by atoms with Crippen LogP contribution < -0.4 is 0 Å². The van der Waals surface area contributed by atoms with Gasteiger partial charge in [0.25, 0.3) is 0 Å². The molecule has 0 atom stereocenters. The van der Waals surface area contributed by atoms with Gasteiger partial charge in [0, 0.05) is 17.4 Å². The Bertz CT molecular complexity index is 1060. The van der Waals surface area contributed by atoms with E-state index in [0.29, 0.717) is 22.0 Å². The average molecular weight is 381 g/mol. The molecule has 0 aliphatic heterocycles. The molecule has 0 bridgehead atoms. The van der Waals surface area contributed by atoms with Crippen LogP contribution in [0, 0.1) is 12.7 Å². The molecule has 0 aliphatic rings. The highest BCUT2D eigenvalue weighted by atomic mass is 19.1. The van der Waals surface area contributed by atoms with Gasteiger partial charge in [-0.15, -0.1) is 0 Å². The topological polar surface area (TPSA) is 76.5 Å². The second-order valence-electron chi connectivity index (χ2n) is 6.48. The summed E-state index contributed by atoms with van der Waals surface area (Å²) in [5, 5.41) is 10.8. The second-order valence-corrected chi connectivity index (χ2v) is 6.48. The molecule has 2 aromatic carbocycles. The minimum Gasteiger partial charge on any atom is -0.506 e. The summed E-state index contributed by atoms with van der Waals surface area (Å²) in [6, 6.07) is 11.4. The number of aromatic hydroxyl groups is 1. The van der Waals surface area contributed by atoms with Gasteiger partial charge in [-0.1, -0.05) is 23.8 Å². The van der Waals surface area contributed by atoms with Gasteiger partial charge in [-0.25, -0.2) is 9.37 Å². The van der Waals surface area contributed by atoms with E-state index in [0.717, 1.165) is 5.56 Å². The zero-order valence-corrected chi connectivity index (χ0v) is 15.7. The Morgan fingerprint density at radius 2 is 1.89 bits per heavy atom. The normalized spacial score (nSPS) is 10.8. The van der Waals surface area contributed by atoms with E-state index < -0.39 is 11.8 Å². The number of hydrogen-bond acceptors (Lipinski definition) is 5. The molecule has 3 rings (SSSR count). The molecule has 0 radical (unpaired) electrons. The monoisotopic (exact) mass is 381 g/mol. The fourth-order valence-electron chi connectivity index (χ4n) is 2.96. The molecule has 0 saturated carbocycles. The van der Waals surface area contributed by atoms with E-state index in [1.165, 1.54) is 12.1 Å². The summed E-state index contributed by atoms with van der Waals surface area (Å²) in [6.07, 6.45) is -0.197. The highest BCUT2D eigenvalue weighted by Crippen LogP contribution is 2.29. The van der Waals surface area contributed by atoms with Crippen molar-refractivity contribution >= 4 is 22.7 Å². The van der Waals surface area contributed by atoms with Crippen molar-refractivity contribution < 1.29 is 23.8 Å². The summed E-state index contributed by atoms with van der Waals surface area (Å²) in [5.41, 5.74) is 2.32. The highest BCUT2D eigenvalue weighted by Gasteiger charge is 2.17. The van der Waals surface area contributed by atoms with Gasteiger partial charge in [-0.2, -0.15) is 0 Å². The van der Waals surface area contributed by atoms with Crippen molar-refractivity contribution in [2.75, 3.05) is 6.61 Å². The fraction of sp³-hybridized carbons (Fsp3) is 0.227. The number of ether oxygens (including phenoxy) is 1. The maximum atomic E-state index is 14.2. The number of carbonyl (C=O) groups excluding carboxylic acids is 2. The van der Waals surface area contributed by atoms with Gasteiger partial charge in [0.1, 0.15) is 17.3 Å². The standard InChI is InChI=1S/C22H20FNO4/c1-3-28-21(27)9-8-19(25)22-20(26)12-15-6-5-14(11-18(15)24-22)16-10-13(2)4-7-17(16)23/h4-7,10-12,26H,3,8-9H2,1-2H3. The summed E-state index contributed by atoms with van der Waals surface area (Å²) in [7, 11) is 0. The van der Waals surface area contributed by atoms with Gasteiger partial charge in [0.05, 0.1) is 18.5 Å². The SMILES string of the molecule is CCOC(=O)CCC(=O)c1nc2cc(-c3cc(C)ccc3F)ccc2cc1O. The molecule has 0 saturated heterocycles. The van der Waals surface area contributed by atoms with Gasteiger partial charge in [-0.05, 0) is 43.7 Å². The number of nitrogens with zero attached hydrogens (tertiary/aromatic N) is 1. The lowest BCUT2D eigenvalue weighted by atomic mass is 10.0. The Kier molecular flexibility index (Phi) is 5.68. The first-order valence-electron chi connectivity index (χ1n) is 8.98. The molecule has 1 heterocycles. The molecule has 1 N–H and O–H groups in total. The van der Waals surface area contributed by atoms with E-state index >= 15 is 0 Å². The first-order valence-corrected chi connectivity index (χ1v) is 8.98. The highest BCUT2D eigenvalue weighted by molar-refractivity contribution is 6.00. The lowest BCUT2D eigenvalue weighted by Crippen LogP contribution is -2.09. The van der Waals surface area contributed by atoms with Crippen LogP contribution in [-0.4, -0.2) is 28.4 Å². The summed E-state index contributed by atoms with van der Waals surface area (Å²) in [4.78, 5) is 28.1. The Hall–Kier alpha value is -3.28. The maximum Gasteiger partial charge on any atom is 0.306 e. The molecule has 3 aromatic rings. The van der Waals surface area contributed by atoms with Gasteiger partial charge in [-0.3, -0.25) is 9.59 Å². The van der Waals surface area contributed by atoms with Gasteiger partial charge in [0.2, 0.25) is 0 Å². The van der Waals surface area contributed by atoms with Crippen molar-refractivity contribution in [3.8, 4) is 16.9 Å². The minimum atomic E-state index is -0.478. The number of fused-ring (bicyclic) bond motifs is 1. The molecule has 0 amide bonds. The molecule has 0 fully saturated rings. The van der Waals surface area contributed by atoms with Crippen LogP contribution in [0.4, 0.5) is 4.39 Å². The zero-order valence-electron chi connectivity index (χ0n) is 15.7. The number of hydrogen-bond donors (Lipinski definition) is 1. The van der Waals surface area contributed by atoms with E-state index in [1.54, 1.807) is 37.3 Å². The van der Waals surface area contributed by atoms with E-state index in [-0.39, 0.29) is 36.7 Å². The second kappa shape index (κ2) is 8.17. The largest absolute Gasteiger partial charge is 0.506 e. The predicted molar refractivity (Wildman–Crippen MR) is 104 cm³/mol. The molecular formula is C22H20FNO4. The van der Waals surface area contributed by atoms with Gasteiger partial charge < -0.3 is 9.84 Å². The average Bonchev–Trinajstić information content (AvgIpc) is 2.67. The summed E-state index contributed by atoms with van der Waals surface area (Å²) in [5.74, 6) is -1.54. The first kappa shape index (κ1) is 19.5. The van der Waals surface area contributed by atoms with Gasteiger partial charge in [0.15, 0.2) is 5.78 Å². The number of ketones is 1. The molecule has 0 unspecified atom stereocenters. The Morgan fingerprint density at radius 1 is 1.11 bits per heavy atom. The van der Waals surface area contributed by atoms with Crippen LogP contribution in [0.1, 0.15) is 35.8 Å². The van der Waals surface area contributed by atoms with Crippen molar-refractivity contribution in [1.29, 1.82) is 0 Å². The third-order valence-electron chi connectivity index (χ3n) is 4.36. The molecule has 1 aromatic heterocycles. The van der Waals surface area contributed by atoms with Crippen LogP contribution in [0.25, 0.3) is 22.0 Å². The van der Waals surface area contributed by atoms with Crippen molar-refractivity contribution in [2.24, 2.45) is 0 Å². The number of benzene rings is 2. The number of halogens is 1. The van der Waals surface area contributed by atoms with E-state index in [9.17, 15) is 19.1 Å². The number of Topliss-reactive ketones (excluding diaryl/α,β-unsaturated/α-hetero) is 1. The number of aryl methyl sites for hydroxylation is 1. The lowest BCUT2D eigenvalue weighted by molar-refractivity contribution is -0.143. The molecule has 28 heavy (non-hydrogen) atoms. The van der Waals surface area contributed by atoms with Crippen LogP contribution in [0.2, 0.25) is 0 Å². The van der Waals surface area contributed by atoms with Crippen LogP contribution >= 0.6 is 0 Å². The Balaban J connectivity index is 1.95. The van der Waals surface area contributed by atoms with Crippen molar-refractivity contribution in [3.63, 3.8) is 0 Å². The Morgan fingerprint density at radius 3 is 2.64 bits per heavy atom. The minimum absolute atomic E-state index is 0.0830. The van der Waals surface area contributed by atoms with Crippen molar-refractivity contribution in [1.82, 2.24) is 4.98 Å². The fourth-order valence-corrected chi connectivity index (χ4v) is 2.96. The molecule has 5 nitrogen and oxygen atoms in total. The molecule has 6 heteroatoms. The number of esters is 1. The van der Waals surface area contributed by atoms with E-state index in [2.05, 4.69) is 4.98 Å². The third-order valence-corrected chi connectivity index (χ3v) is 4.36. The Labute approximate surface area is 161 Å². The zero-order chi connectivity index (χ0) is 20.3. The number of pyridine rings is 1. The smallest absolute Gasteiger partial charge is 0.306 e. The maximum absolute atomic E-state index is 14.2. The molecule has 0 aliphatic carbocycles. The summed E-state index contributed by atoms with van der Waals surface area (Å²) < 4.78 is 19.0. The molecule has 0 spiro atoms. The number of carbonyl (C=O) groups is 2. The predicted octanol–water partition coefficient (Wildman–Crippen LogP) is 4.58. The van der Waals surface area contributed by atoms with Crippen molar-refractivity contribution in [3.05, 3.63) is 59.5 Å². The summed E-state index contributed by atoms with van der Waals surface area (Å²) in [6.45, 7) is 3.80. The van der Waals surface area contributed by atoms with E-state index in [1.807, 2.05) is 6.92 Å². The third kappa shape index (κ3) is 4.17. The van der Waals surface area contributed by atoms with Crippen LogP contribution in [-0.2, 0) is 9.53 Å². The quantitative estimate of drug-likeness (QED) is 0.500. The van der Waals surface area contributed by atoms with Gasteiger partial charge >= 0.3 is 5.97 Å². The first-order chi connectivity index (χ1) is 13.4. The number of rotatable bonds is 6. The lowest BCUT2D eigenvalue weighted by Gasteiger charge is -2.09. The van der Waals surface area contributed by atoms with Crippen LogP contribution in [0.5, 0.6) is 5.75 Å². The summed E-state index contributed by atoms with van der Waals surface area (Å²) >= 11 is 0. The van der Waals surface area contributed by atoms with E-state index in [4.69, 9.17) is 4.74 Å². The molecular weight excluding hydrogens is 361 g/mol. The van der Waals surface area contributed by atoms with Crippen LogP contribution in [0.15, 0.2) is 42.5 Å². The van der Waals surface area contributed by atoms with Crippen LogP contribution in [0.3, 0.4) is 0 Å². The number of aromatic nitrogens is 1.